The quantitative estimate of drug-likeness (QED) is 0.798. The molecule has 0 N–H and O–H groups in total. The topological polar surface area (TPSA) is 26.3 Å². The first-order valence-electron chi connectivity index (χ1n) is 5.19. The minimum Gasteiger partial charge on any atom is -0.466 e. The summed E-state index contributed by atoms with van der Waals surface area (Å²) >= 11 is 3.29. The second-order valence-electron chi connectivity index (χ2n) is 3.88. The number of ether oxygens (including phenoxy) is 1. The van der Waals surface area contributed by atoms with E-state index in [0.717, 1.165) is 4.47 Å². The molecule has 0 aromatic heterocycles. The van der Waals surface area contributed by atoms with Crippen molar-refractivity contribution < 1.29 is 13.9 Å². The van der Waals surface area contributed by atoms with Gasteiger partial charge in [-0.05, 0) is 24.6 Å². The monoisotopic (exact) mass is 286 g/mol. The normalized spacial score (nSPS) is 27.6. The van der Waals surface area contributed by atoms with E-state index >= 15 is 0 Å². The summed E-state index contributed by atoms with van der Waals surface area (Å²) in [5.74, 6) is -1.08. The number of benzene rings is 1. The molecule has 2 nitrogen and oxygen atoms in total. The highest BCUT2D eigenvalue weighted by Crippen LogP contribution is 2.56. The maximum atomic E-state index is 14.3. The molecule has 0 bridgehead atoms. The van der Waals surface area contributed by atoms with Gasteiger partial charge in [0.15, 0.2) is 0 Å². The van der Waals surface area contributed by atoms with Crippen molar-refractivity contribution in [3.05, 3.63) is 34.3 Å². The fourth-order valence-corrected chi connectivity index (χ4v) is 2.22. The molecule has 2 rings (SSSR count). The van der Waals surface area contributed by atoms with Crippen LogP contribution in [0.15, 0.2) is 28.7 Å². The zero-order valence-corrected chi connectivity index (χ0v) is 10.5. The summed E-state index contributed by atoms with van der Waals surface area (Å²) < 4.78 is 20.0. The van der Waals surface area contributed by atoms with Crippen molar-refractivity contribution in [2.24, 2.45) is 5.92 Å². The van der Waals surface area contributed by atoms with E-state index in [1.807, 2.05) is 6.07 Å². The lowest BCUT2D eigenvalue weighted by Gasteiger charge is -2.08. The van der Waals surface area contributed by atoms with Gasteiger partial charge in [-0.3, -0.25) is 4.79 Å². The molecule has 0 aliphatic heterocycles. The molecular weight excluding hydrogens is 275 g/mol. The van der Waals surface area contributed by atoms with Crippen molar-refractivity contribution >= 4 is 21.9 Å². The number of rotatable bonds is 3. The maximum Gasteiger partial charge on any atom is 0.312 e. The van der Waals surface area contributed by atoms with E-state index in [0.29, 0.717) is 12.2 Å². The Morgan fingerprint density at radius 2 is 2.44 bits per heavy atom. The molecule has 4 heteroatoms. The Bertz CT molecular complexity index is 421. The smallest absolute Gasteiger partial charge is 0.312 e. The van der Waals surface area contributed by atoms with Gasteiger partial charge in [0.25, 0.3) is 0 Å². The fraction of sp³-hybridized carbons (Fsp3) is 0.417. The molecular formula is C12H12BrFO2. The summed E-state index contributed by atoms with van der Waals surface area (Å²) in [6.07, 6.45) is 0.224. The molecule has 1 aliphatic rings. The molecule has 16 heavy (non-hydrogen) atoms. The average Bonchev–Trinajstić information content (AvgIpc) is 2.93. The van der Waals surface area contributed by atoms with Gasteiger partial charge in [0.05, 0.1) is 12.5 Å². The lowest BCUT2D eigenvalue weighted by Crippen LogP contribution is -2.13. The number of esters is 1. The largest absolute Gasteiger partial charge is 0.466 e. The van der Waals surface area contributed by atoms with E-state index in [4.69, 9.17) is 4.74 Å². The first kappa shape index (κ1) is 11.6. The van der Waals surface area contributed by atoms with Gasteiger partial charge in [0.2, 0.25) is 0 Å². The summed E-state index contributed by atoms with van der Waals surface area (Å²) in [6, 6.07) is 7.00. The number of hydrogen-bond acceptors (Lipinski definition) is 2. The minimum absolute atomic E-state index is 0.224. The SMILES string of the molecule is CCOC(=O)[C@H]1C[C@]1(F)c1cccc(Br)c1. The summed E-state index contributed by atoms with van der Waals surface area (Å²) in [6.45, 7) is 2.02. The molecule has 1 aromatic rings. The highest BCUT2D eigenvalue weighted by atomic mass is 79.9. The van der Waals surface area contributed by atoms with Gasteiger partial charge in [-0.1, -0.05) is 28.1 Å². The Labute approximate surface area is 102 Å². The van der Waals surface area contributed by atoms with Crippen LogP contribution in [0, 0.1) is 5.92 Å². The number of carbonyl (C=O) groups excluding carboxylic acids is 1. The van der Waals surface area contributed by atoms with Crippen LogP contribution in [-0.2, 0) is 15.2 Å². The molecule has 0 amide bonds. The van der Waals surface area contributed by atoms with Crippen LogP contribution >= 0.6 is 15.9 Å². The van der Waals surface area contributed by atoms with E-state index in [-0.39, 0.29) is 6.42 Å². The average molecular weight is 287 g/mol. The Kier molecular flexibility index (Phi) is 3.02. The standard InChI is InChI=1S/C12H12BrFO2/c1-2-16-11(15)10-7-12(10,14)8-4-3-5-9(13)6-8/h3-6,10H,2,7H2,1H3/t10-,12+/m1/s1. The molecule has 1 aliphatic carbocycles. The Hall–Kier alpha value is -0.900. The molecule has 1 fully saturated rings. The van der Waals surface area contributed by atoms with Gasteiger partial charge in [-0.25, -0.2) is 4.39 Å². The van der Waals surface area contributed by atoms with Crippen LogP contribution in [0.5, 0.6) is 0 Å². The van der Waals surface area contributed by atoms with Gasteiger partial charge in [0, 0.05) is 10.9 Å². The maximum absolute atomic E-state index is 14.3. The lowest BCUT2D eigenvalue weighted by atomic mass is 10.1. The van der Waals surface area contributed by atoms with Gasteiger partial charge < -0.3 is 4.74 Å². The van der Waals surface area contributed by atoms with Gasteiger partial charge >= 0.3 is 5.97 Å². The van der Waals surface area contributed by atoms with Crippen LogP contribution < -0.4 is 0 Å². The van der Waals surface area contributed by atoms with E-state index in [9.17, 15) is 9.18 Å². The predicted molar refractivity (Wildman–Crippen MR) is 61.7 cm³/mol. The molecule has 1 saturated carbocycles. The number of carbonyl (C=O) groups is 1. The number of alkyl halides is 1. The Balaban J connectivity index is 2.15. The number of hydrogen-bond donors (Lipinski definition) is 0. The second-order valence-corrected chi connectivity index (χ2v) is 4.80. The van der Waals surface area contributed by atoms with Crippen molar-refractivity contribution in [3.8, 4) is 0 Å². The van der Waals surface area contributed by atoms with E-state index < -0.39 is 17.6 Å². The van der Waals surface area contributed by atoms with Gasteiger partial charge in [-0.15, -0.1) is 0 Å². The molecule has 0 radical (unpaired) electrons. The van der Waals surface area contributed by atoms with Crippen LogP contribution in [0.25, 0.3) is 0 Å². The van der Waals surface area contributed by atoms with Crippen molar-refractivity contribution in [1.82, 2.24) is 0 Å². The van der Waals surface area contributed by atoms with Gasteiger partial charge in [-0.2, -0.15) is 0 Å². The zero-order chi connectivity index (χ0) is 11.8. The third kappa shape index (κ3) is 1.98. The van der Waals surface area contributed by atoms with Crippen molar-refractivity contribution in [2.75, 3.05) is 6.61 Å². The molecule has 1 aromatic carbocycles. The highest BCUT2D eigenvalue weighted by molar-refractivity contribution is 9.10. The van der Waals surface area contributed by atoms with Crippen molar-refractivity contribution in [2.45, 2.75) is 19.0 Å². The predicted octanol–water partition coefficient (Wildman–Crippen LogP) is 3.20. The number of halogens is 2. The van der Waals surface area contributed by atoms with E-state index in [1.54, 1.807) is 25.1 Å². The van der Waals surface area contributed by atoms with Crippen LogP contribution in [0.3, 0.4) is 0 Å². The van der Waals surface area contributed by atoms with Crippen LogP contribution in [0.4, 0.5) is 4.39 Å². The van der Waals surface area contributed by atoms with Gasteiger partial charge in [0.1, 0.15) is 5.67 Å². The van der Waals surface area contributed by atoms with E-state index in [1.165, 1.54) is 0 Å². The molecule has 0 spiro atoms. The molecule has 0 heterocycles. The van der Waals surface area contributed by atoms with Crippen molar-refractivity contribution in [3.63, 3.8) is 0 Å². The van der Waals surface area contributed by atoms with Crippen LogP contribution in [-0.4, -0.2) is 12.6 Å². The second kappa shape index (κ2) is 4.17. The molecule has 0 saturated heterocycles. The summed E-state index contributed by atoms with van der Waals surface area (Å²) in [5.41, 5.74) is -0.990. The Morgan fingerprint density at radius 1 is 1.69 bits per heavy atom. The Morgan fingerprint density at radius 3 is 3.06 bits per heavy atom. The molecule has 2 atom stereocenters. The third-order valence-electron chi connectivity index (χ3n) is 2.77. The highest BCUT2D eigenvalue weighted by Gasteiger charge is 2.61. The summed E-state index contributed by atoms with van der Waals surface area (Å²) in [5, 5.41) is 0. The fourth-order valence-electron chi connectivity index (χ4n) is 1.82. The summed E-state index contributed by atoms with van der Waals surface area (Å²) in [7, 11) is 0. The zero-order valence-electron chi connectivity index (χ0n) is 8.87. The molecule has 86 valence electrons. The first-order chi connectivity index (χ1) is 7.58. The van der Waals surface area contributed by atoms with Crippen LogP contribution in [0.1, 0.15) is 18.9 Å². The van der Waals surface area contributed by atoms with Crippen molar-refractivity contribution in [1.29, 1.82) is 0 Å². The molecule has 0 unspecified atom stereocenters. The minimum atomic E-state index is -1.53. The van der Waals surface area contributed by atoms with Crippen LogP contribution in [0.2, 0.25) is 0 Å². The summed E-state index contributed by atoms with van der Waals surface area (Å²) in [4.78, 5) is 11.4. The third-order valence-corrected chi connectivity index (χ3v) is 3.26. The van der Waals surface area contributed by atoms with E-state index in [2.05, 4.69) is 15.9 Å². The lowest BCUT2D eigenvalue weighted by molar-refractivity contribution is -0.145. The first-order valence-corrected chi connectivity index (χ1v) is 5.99.